The number of ether oxygens (including phenoxy) is 2. The zero-order valence-corrected chi connectivity index (χ0v) is 15.6. The van der Waals surface area contributed by atoms with Crippen LogP contribution >= 0.6 is 11.6 Å². The fourth-order valence-electron chi connectivity index (χ4n) is 2.58. The van der Waals surface area contributed by atoms with Crippen molar-refractivity contribution >= 4 is 23.6 Å². The number of esters is 1. The molecule has 0 aliphatic carbocycles. The number of aryl methyl sites for hydroxylation is 1. The number of carbonyl (C=O) groups excluding carboxylic acids is 1. The summed E-state index contributed by atoms with van der Waals surface area (Å²) in [5.74, 6) is 0.0373. The highest BCUT2D eigenvalue weighted by Gasteiger charge is 2.15. The van der Waals surface area contributed by atoms with Crippen LogP contribution in [0.4, 0.5) is 0 Å². The van der Waals surface area contributed by atoms with Gasteiger partial charge >= 0.3 is 5.97 Å². The van der Waals surface area contributed by atoms with Crippen molar-refractivity contribution in [3.05, 3.63) is 64.5 Å². The van der Waals surface area contributed by atoms with Crippen molar-refractivity contribution in [1.29, 1.82) is 5.26 Å². The molecule has 2 aromatic rings. The molecule has 0 aliphatic rings. The molecule has 0 bridgehead atoms. The average molecular weight is 371 g/mol. The third-order valence-electron chi connectivity index (χ3n) is 3.80. The van der Waals surface area contributed by atoms with Crippen LogP contribution in [-0.2, 0) is 9.53 Å². The van der Waals surface area contributed by atoms with Gasteiger partial charge in [-0.3, -0.25) is 0 Å². The van der Waals surface area contributed by atoms with E-state index in [0.717, 1.165) is 28.4 Å². The van der Waals surface area contributed by atoms with Crippen molar-refractivity contribution in [1.82, 2.24) is 4.57 Å². The lowest BCUT2D eigenvalue weighted by Crippen LogP contribution is -2.08. The Hall–Kier alpha value is -2.97. The number of aromatic nitrogens is 1. The minimum absolute atomic E-state index is 0.0992. The molecule has 0 unspecified atom stereocenters. The highest BCUT2D eigenvalue weighted by molar-refractivity contribution is 6.29. The smallest absolute Gasteiger partial charge is 0.349 e. The molecule has 0 saturated carbocycles. The molecule has 0 N–H and O–H groups in total. The minimum Gasteiger partial charge on any atom is -0.497 e. The zero-order chi connectivity index (χ0) is 19.3. The SMILES string of the molecule is C=C(Cl)COC(=O)/C(C#N)=C/c1cc(C)n(-c2ccc(OC)cc2)c1C. The molecule has 6 heteroatoms. The molecular weight excluding hydrogens is 352 g/mol. The van der Waals surface area contributed by atoms with E-state index in [1.807, 2.05) is 54.8 Å². The van der Waals surface area contributed by atoms with Gasteiger partial charge in [0.05, 0.1) is 7.11 Å². The summed E-state index contributed by atoms with van der Waals surface area (Å²) in [6.45, 7) is 7.19. The first kappa shape index (κ1) is 19.4. The predicted octanol–water partition coefficient (Wildman–Crippen LogP) is 4.31. The quantitative estimate of drug-likeness (QED) is 0.432. The largest absolute Gasteiger partial charge is 0.497 e. The second-order valence-corrected chi connectivity index (χ2v) is 6.16. The third-order valence-corrected chi connectivity index (χ3v) is 3.91. The summed E-state index contributed by atoms with van der Waals surface area (Å²) in [5.41, 5.74) is 3.49. The summed E-state index contributed by atoms with van der Waals surface area (Å²) in [7, 11) is 1.62. The van der Waals surface area contributed by atoms with E-state index in [4.69, 9.17) is 21.1 Å². The lowest BCUT2D eigenvalue weighted by molar-refractivity contribution is -0.137. The van der Waals surface area contributed by atoms with E-state index in [9.17, 15) is 10.1 Å². The number of hydrogen-bond donors (Lipinski definition) is 0. The first-order valence-electron chi connectivity index (χ1n) is 7.83. The number of carbonyl (C=O) groups is 1. The van der Waals surface area contributed by atoms with Crippen molar-refractivity contribution in [3.63, 3.8) is 0 Å². The summed E-state index contributed by atoms with van der Waals surface area (Å²) in [6.07, 6.45) is 1.52. The molecule has 0 saturated heterocycles. The van der Waals surface area contributed by atoms with Crippen molar-refractivity contribution in [3.8, 4) is 17.5 Å². The summed E-state index contributed by atoms with van der Waals surface area (Å²) >= 11 is 5.58. The second kappa shape index (κ2) is 8.41. The number of nitrogens with zero attached hydrogens (tertiary/aromatic N) is 2. The molecule has 1 aromatic carbocycles. The molecule has 0 aliphatic heterocycles. The Balaban J connectivity index is 2.37. The molecule has 1 aromatic heterocycles. The lowest BCUT2D eigenvalue weighted by atomic mass is 10.1. The topological polar surface area (TPSA) is 64.2 Å². The molecule has 0 fully saturated rings. The standard InChI is InChI=1S/C20H19ClN2O3/c1-13(21)12-26-20(24)17(11-22)10-16-9-14(2)23(15(16)3)18-5-7-19(25-4)8-6-18/h5-10H,1,12H2,2-4H3/b17-10+. The maximum absolute atomic E-state index is 12.0. The molecule has 1 heterocycles. The number of halogens is 1. The van der Waals surface area contributed by atoms with Crippen molar-refractivity contribution < 1.29 is 14.3 Å². The molecular formula is C20H19ClN2O3. The maximum atomic E-state index is 12.0. The van der Waals surface area contributed by atoms with Crippen LogP contribution in [0.3, 0.4) is 0 Å². The summed E-state index contributed by atoms with van der Waals surface area (Å²) in [4.78, 5) is 12.0. The highest BCUT2D eigenvalue weighted by Crippen LogP contribution is 2.24. The molecule has 0 amide bonds. The zero-order valence-electron chi connectivity index (χ0n) is 14.9. The van der Waals surface area contributed by atoms with Crippen LogP contribution in [0.25, 0.3) is 11.8 Å². The Morgan fingerprint density at radius 3 is 2.54 bits per heavy atom. The Kier molecular flexibility index (Phi) is 6.26. The number of methoxy groups -OCH3 is 1. The van der Waals surface area contributed by atoms with Gasteiger partial charge in [-0.1, -0.05) is 18.2 Å². The van der Waals surface area contributed by atoms with Crippen molar-refractivity contribution in [2.24, 2.45) is 0 Å². The van der Waals surface area contributed by atoms with Gasteiger partial charge in [-0.15, -0.1) is 0 Å². The van der Waals surface area contributed by atoms with Crippen LogP contribution in [0.5, 0.6) is 5.75 Å². The lowest BCUT2D eigenvalue weighted by Gasteiger charge is -2.10. The van der Waals surface area contributed by atoms with Crippen LogP contribution in [0.2, 0.25) is 0 Å². The monoisotopic (exact) mass is 370 g/mol. The van der Waals surface area contributed by atoms with Gasteiger partial charge in [0.15, 0.2) is 0 Å². The van der Waals surface area contributed by atoms with E-state index in [2.05, 4.69) is 6.58 Å². The van der Waals surface area contributed by atoms with Gasteiger partial charge in [0.25, 0.3) is 0 Å². The fraction of sp³-hybridized carbons (Fsp3) is 0.200. The predicted molar refractivity (Wildman–Crippen MR) is 101 cm³/mol. The molecule has 0 radical (unpaired) electrons. The van der Waals surface area contributed by atoms with E-state index >= 15 is 0 Å². The van der Waals surface area contributed by atoms with E-state index in [1.165, 1.54) is 6.08 Å². The van der Waals surface area contributed by atoms with E-state index in [1.54, 1.807) is 7.11 Å². The van der Waals surface area contributed by atoms with Crippen LogP contribution < -0.4 is 4.74 Å². The molecule has 2 rings (SSSR count). The van der Waals surface area contributed by atoms with Gasteiger partial charge in [0.1, 0.15) is 24.0 Å². The molecule has 26 heavy (non-hydrogen) atoms. The Labute approximate surface area is 157 Å². The number of rotatable bonds is 6. The van der Waals surface area contributed by atoms with Crippen molar-refractivity contribution in [2.45, 2.75) is 13.8 Å². The van der Waals surface area contributed by atoms with Gasteiger partial charge < -0.3 is 14.0 Å². The van der Waals surface area contributed by atoms with Gasteiger partial charge in [-0.25, -0.2) is 4.79 Å². The highest BCUT2D eigenvalue weighted by atomic mass is 35.5. The first-order valence-corrected chi connectivity index (χ1v) is 8.20. The number of nitriles is 1. The van der Waals surface area contributed by atoms with Crippen molar-refractivity contribution in [2.75, 3.05) is 13.7 Å². The van der Waals surface area contributed by atoms with Crippen LogP contribution in [0.15, 0.2) is 47.5 Å². The normalized spacial score (nSPS) is 11.0. The van der Waals surface area contributed by atoms with Gasteiger partial charge in [0.2, 0.25) is 0 Å². The Morgan fingerprint density at radius 2 is 2.00 bits per heavy atom. The summed E-state index contributed by atoms with van der Waals surface area (Å²) in [5, 5.41) is 9.46. The molecule has 0 spiro atoms. The van der Waals surface area contributed by atoms with E-state index < -0.39 is 5.97 Å². The van der Waals surface area contributed by atoms with E-state index in [0.29, 0.717) is 0 Å². The third kappa shape index (κ3) is 4.35. The maximum Gasteiger partial charge on any atom is 0.349 e. The molecule has 5 nitrogen and oxygen atoms in total. The number of benzene rings is 1. The Bertz CT molecular complexity index is 902. The van der Waals surface area contributed by atoms with Gasteiger partial charge in [-0.2, -0.15) is 5.26 Å². The fourth-order valence-corrected chi connectivity index (χ4v) is 2.63. The summed E-state index contributed by atoms with van der Waals surface area (Å²) in [6, 6.07) is 11.4. The first-order chi connectivity index (χ1) is 12.4. The van der Waals surface area contributed by atoms with Crippen LogP contribution in [0, 0.1) is 25.2 Å². The Morgan fingerprint density at radius 1 is 1.35 bits per heavy atom. The number of hydrogen-bond acceptors (Lipinski definition) is 4. The van der Waals surface area contributed by atoms with Crippen LogP contribution in [0.1, 0.15) is 17.0 Å². The molecule has 0 atom stereocenters. The minimum atomic E-state index is -0.733. The summed E-state index contributed by atoms with van der Waals surface area (Å²) < 4.78 is 12.2. The van der Waals surface area contributed by atoms with Gasteiger partial charge in [-0.05, 0) is 55.8 Å². The van der Waals surface area contributed by atoms with E-state index in [-0.39, 0.29) is 17.2 Å². The second-order valence-electron chi connectivity index (χ2n) is 5.62. The average Bonchev–Trinajstić information content (AvgIpc) is 2.91. The van der Waals surface area contributed by atoms with Gasteiger partial charge in [0, 0.05) is 22.1 Å². The molecule has 134 valence electrons. The van der Waals surface area contributed by atoms with Crippen LogP contribution in [-0.4, -0.2) is 24.3 Å².